The van der Waals surface area contributed by atoms with Crippen molar-refractivity contribution in [2.45, 2.75) is 13.8 Å². The maximum Gasteiger partial charge on any atom is 0.332 e. The summed E-state index contributed by atoms with van der Waals surface area (Å²) in [5, 5.41) is 7.87. The number of carbonyl (C=O) groups is 1. The SMILES string of the molecule is CCOC(=O)/C=C(\C)N=Nc1ccccc1. The van der Waals surface area contributed by atoms with Crippen molar-refractivity contribution in [2.24, 2.45) is 10.2 Å². The second kappa shape index (κ2) is 6.50. The van der Waals surface area contributed by atoms with E-state index in [4.69, 9.17) is 4.74 Å². The third kappa shape index (κ3) is 4.50. The van der Waals surface area contributed by atoms with E-state index in [0.29, 0.717) is 12.3 Å². The summed E-state index contributed by atoms with van der Waals surface area (Å²) in [6.45, 7) is 3.81. The molecule has 0 aliphatic rings. The van der Waals surface area contributed by atoms with Crippen molar-refractivity contribution >= 4 is 11.7 Å². The molecule has 0 fully saturated rings. The Morgan fingerprint density at radius 2 is 2.06 bits per heavy atom. The fraction of sp³-hybridized carbons (Fsp3) is 0.250. The number of carbonyl (C=O) groups excluding carboxylic acids is 1. The average molecular weight is 218 g/mol. The van der Waals surface area contributed by atoms with Gasteiger partial charge in [0.2, 0.25) is 0 Å². The van der Waals surface area contributed by atoms with Crippen LogP contribution < -0.4 is 0 Å². The maximum atomic E-state index is 11.1. The minimum atomic E-state index is -0.396. The first-order valence-electron chi connectivity index (χ1n) is 5.04. The van der Waals surface area contributed by atoms with Crippen molar-refractivity contribution in [2.75, 3.05) is 6.61 Å². The number of azo groups is 1. The Kier molecular flexibility index (Phi) is 4.92. The van der Waals surface area contributed by atoms with Crippen molar-refractivity contribution in [1.29, 1.82) is 0 Å². The molecule has 0 amide bonds. The predicted molar refractivity (Wildman–Crippen MR) is 61.3 cm³/mol. The van der Waals surface area contributed by atoms with Crippen LogP contribution >= 0.6 is 0 Å². The van der Waals surface area contributed by atoms with Crippen molar-refractivity contribution in [3.05, 3.63) is 42.1 Å². The van der Waals surface area contributed by atoms with Gasteiger partial charge in [-0.15, -0.1) is 0 Å². The number of benzene rings is 1. The molecule has 0 heterocycles. The Labute approximate surface area is 94.7 Å². The van der Waals surface area contributed by atoms with Gasteiger partial charge in [-0.05, 0) is 26.0 Å². The molecule has 0 aliphatic carbocycles. The van der Waals surface area contributed by atoms with Crippen LogP contribution in [0.5, 0.6) is 0 Å². The molecule has 1 aromatic carbocycles. The first-order chi connectivity index (χ1) is 7.72. The van der Waals surface area contributed by atoms with E-state index < -0.39 is 5.97 Å². The Balaban J connectivity index is 2.60. The van der Waals surface area contributed by atoms with Crippen molar-refractivity contribution in [3.63, 3.8) is 0 Å². The molecule has 0 unspecified atom stereocenters. The lowest BCUT2D eigenvalue weighted by Gasteiger charge is -1.95. The van der Waals surface area contributed by atoms with Crippen LogP contribution in [0.1, 0.15) is 13.8 Å². The number of hydrogen-bond acceptors (Lipinski definition) is 4. The molecule has 0 saturated heterocycles. The van der Waals surface area contributed by atoms with Crippen LogP contribution in [-0.2, 0) is 9.53 Å². The van der Waals surface area contributed by atoms with E-state index in [9.17, 15) is 4.79 Å². The molecule has 0 atom stereocenters. The zero-order valence-electron chi connectivity index (χ0n) is 9.38. The molecule has 0 saturated carbocycles. The fourth-order valence-corrected chi connectivity index (χ4v) is 1.01. The zero-order valence-corrected chi connectivity index (χ0v) is 9.38. The van der Waals surface area contributed by atoms with Gasteiger partial charge in [0.15, 0.2) is 0 Å². The van der Waals surface area contributed by atoms with Crippen LogP contribution in [-0.4, -0.2) is 12.6 Å². The molecule has 4 heteroatoms. The second-order valence-electron chi connectivity index (χ2n) is 3.07. The van der Waals surface area contributed by atoms with Gasteiger partial charge in [-0.2, -0.15) is 10.2 Å². The predicted octanol–water partition coefficient (Wildman–Crippen LogP) is 3.24. The lowest BCUT2D eigenvalue weighted by Crippen LogP contribution is -1.99. The van der Waals surface area contributed by atoms with E-state index in [2.05, 4.69) is 10.2 Å². The molecule has 4 nitrogen and oxygen atoms in total. The molecular weight excluding hydrogens is 204 g/mol. The quantitative estimate of drug-likeness (QED) is 0.442. The van der Waals surface area contributed by atoms with Gasteiger partial charge in [0, 0.05) is 6.08 Å². The van der Waals surface area contributed by atoms with Crippen LogP contribution in [0, 0.1) is 0 Å². The number of nitrogens with zero attached hydrogens (tertiary/aromatic N) is 2. The minimum absolute atomic E-state index is 0.360. The molecule has 0 aliphatic heterocycles. The Hall–Kier alpha value is -1.97. The molecule has 0 N–H and O–H groups in total. The number of hydrogen-bond donors (Lipinski definition) is 0. The standard InChI is InChI=1S/C12H14N2O2/c1-3-16-12(15)9-10(2)13-14-11-7-5-4-6-8-11/h4-9H,3H2,1-2H3/b10-9+,14-13?. The third-order valence-electron chi connectivity index (χ3n) is 1.69. The molecule has 0 radical (unpaired) electrons. The highest BCUT2D eigenvalue weighted by Gasteiger charge is 1.96. The van der Waals surface area contributed by atoms with E-state index in [1.807, 2.05) is 30.3 Å². The van der Waals surface area contributed by atoms with Crippen LogP contribution in [0.15, 0.2) is 52.3 Å². The molecule has 0 aromatic heterocycles. The van der Waals surface area contributed by atoms with Crippen molar-refractivity contribution in [1.82, 2.24) is 0 Å². The van der Waals surface area contributed by atoms with E-state index >= 15 is 0 Å². The summed E-state index contributed by atoms with van der Waals surface area (Å²) in [5.41, 5.74) is 1.27. The van der Waals surface area contributed by atoms with Gasteiger partial charge in [-0.3, -0.25) is 0 Å². The molecule has 0 spiro atoms. The van der Waals surface area contributed by atoms with Gasteiger partial charge in [-0.25, -0.2) is 4.79 Å². The van der Waals surface area contributed by atoms with Crippen LogP contribution in [0.3, 0.4) is 0 Å². The Morgan fingerprint density at radius 1 is 1.38 bits per heavy atom. The Morgan fingerprint density at radius 3 is 2.69 bits per heavy atom. The summed E-state index contributed by atoms with van der Waals surface area (Å²) in [6, 6.07) is 9.32. The van der Waals surface area contributed by atoms with Gasteiger partial charge >= 0.3 is 5.97 Å². The number of rotatable bonds is 4. The first kappa shape index (κ1) is 12.1. The summed E-state index contributed by atoms with van der Waals surface area (Å²) in [4.78, 5) is 11.1. The lowest BCUT2D eigenvalue weighted by molar-refractivity contribution is -0.137. The third-order valence-corrected chi connectivity index (χ3v) is 1.69. The summed E-state index contributed by atoms with van der Waals surface area (Å²) < 4.78 is 4.75. The topological polar surface area (TPSA) is 51.0 Å². The van der Waals surface area contributed by atoms with Gasteiger partial charge in [-0.1, -0.05) is 18.2 Å². The smallest absolute Gasteiger partial charge is 0.332 e. The first-order valence-corrected chi connectivity index (χ1v) is 5.04. The highest BCUT2D eigenvalue weighted by molar-refractivity contribution is 5.82. The van der Waals surface area contributed by atoms with E-state index in [1.165, 1.54) is 6.08 Å². The van der Waals surface area contributed by atoms with E-state index in [1.54, 1.807) is 13.8 Å². The van der Waals surface area contributed by atoms with Gasteiger partial charge in [0.25, 0.3) is 0 Å². The van der Waals surface area contributed by atoms with Crippen LogP contribution in [0.25, 0.3) is 0 Å². The van der Waals surface area contributed by atoms with Crippen molar-refractivity contribution in [3.8, 4) is 0 Å². The summed E-state index contributed by atoms with van der Waals surface area (Å²) in [7, 11) is 0. The summed E-state index contributed by atoms with van der Waals surface area (Å²) in [6.07, 6.45) is 1.32. The minimum Gasteiger partial charge on any atom is -0.463 e. The molecule has 1 rings (SSSR count). The average Bonchev–Trinajstić information content (AvgIpc) is 2.28. The molecule has 0 bridgehead atoms. The van der Waals surface area contributed by atoms with Crippen LogP contribution in [0.2, 0.25) is 0 Å². The van der Waals surface area contributed by atoms with Gasteiger partial charge in [0.05, 0.1) is 18.0 Å². The normalized spacial score (nSPS) is 11.8. The monoisotopic (exact) mass is 218 g/mol. The van der Waals surface area contributed by atoms with Gasteiger partial charge in [0.1, 0.15) is 0 Å². The number of ether oxygens (including phenoxy) is 1. The maximum absolute atomic E-state index is 11.1. The summed E-state index contributed by atoms with van der Waals surface area (Å²) >= 11 is 0. The van der Waals surface area contributed by atoms with Crippen molar-refractivity contribution < 1.29 is 9.53 Å². The molecule has 16 heavy (non-hydrogen) atoms. The van der Waals surface area contributed by atoms with Crippen LogP contribution in [0.4, 0.5) is 5.69 Å². The largest absolute Gasteiger partial charge is 0.463 e. The van der Waals surface area contributed by atoms with E-state index in [-0.39, 0.29) is 0 Å². The van der Waals surface area contributed by atoms with E-state index in [0.717, 1.165) is 5.69 Å². The lowest BCUT2D eigenvalue weighted by atomic mass is 10.3. The highest BCUT2D eigenvalue weighted by Crippen LogP contribution is 2.11. The molecular formula is C12H14N2O2. The zero-order chi connectivity index (χ0) is 11.8. The molecule has 1 aromatic rings. The number of allylic oxidation sites excluding steroid dienone is 1. The number of esters is 1. The van der Waals surface area contributed by atoms with Gasteiger partial charge < -0.3 is 4.74 Å². The highest BCUT2D eigenvalue weighted by atomic mass is 16.5. The Bertz CT molecular complexity index is 397. The second-order valence-corrected chi connectivity index (χ2v) is 3.07. The fourth-order valence-electron chi connectivity index (χ4n) is 1.01. The summed E-state index contributed by atoms with van der Waals surface area (Å²) in [5.74, 6) is -0.396. The molecule has 84 valence electrons.